The van der Waals surface area contributed by atoms with Crippen molar-refractivity contribution in [3.05, 3.63) is 48.0 Å². The number of carbonyl (C=O) groups is 2. The van der Waals surface area contributed by atoms with Gasteiger partial charge in [0.05, 0.1) is 5.60 Å². The number of aliphatic carboxylic acids is 2. The van der Waals surface area contributed by atoms with Crippen LogP contribution in [-0.2, 0) is 20.7 Å². The molecule has 0 unspecified atom stereocenters. The van der Waals surface area contributed by atoms with Gasteiger partial charge in [-0.05, 0) is 45.5 Å². The Bertz CT molecular complexity index is 610. The fourth-order valence-electron chi connectivity index (χ4n) is 3.52. The van der Waals surface area contributed by atoms with Gasteiger partial charge in [0.15, 0.2) is 0 Å². The SMILES string of the molecule is CN(C)CCCOC1(Cc2ccccc2)CCCCCC1.O=C(O)/C=C/C(=O)O.[NaH]. The Morgan fingerprint density at radius 3 is 2.00 bits per heavy atom. The first-order valence-electron chi connectivity index (χ1n) is 10.3. The second kappa shape index (κ2) is 16.5. The van der Waals surface area contributed by atoms with Gasteiger partial charge in [0.1, 0.15) is 0 Å². The van der Waals surface area contributed by atoms with Gasteiger partial charge in [-0.3, -0.25) is 0 Å². The molecule has 0 aromatic heterocycles. The fraction of sp³-hybridized carbons (Fsp3) is 0.565. The predicted octanol–water partition coefficient (Wildman–Crippen LogP) is 3.35. The standard InChI is InChI=1S/C19H31NO.C4H4O4.Na.H/c1-20(2)15-10-16-21-19(13-8-3-4-9-14-19)17-18-11-6-5-7-12-18;5-3(6)1-2-4(7)8;;/h5-7,11-12H,3-4,8-10,13-17H2,1-2H3;1-2H,(H,5,6)(H,7,8);;/b;2-1+;;. The van der Waals surface area contributed by atoms with E-state index in [-0.39, 0.29) is 35.2 Å². The molecule has 7 heteroatoms. The van der Waals surface area contributed by atoms with Gasteiger partial charge in [0.25, 0.3) is 0 Å². The number of hydrogen-bond acceptors (Lipinski definition) is 4. The van der Waals surface area contributed by atoms with E-state index in [9.17, 15) is 9.59 Å². The minimum atomic E-state index is -1.26. The summed E-state index contributed by atoms with van der Waals surface area (Å²) in [7, 11) is 4.26. The summed E-state index contributed by atoms with van der Waals surface area (Å²) < 4.78 is 6.48. The molecule has 30 heavy (non-hydrogen) atoms. The van der Waals surface area contributed by atoms with Gasteiger partial charge in [-0.15, -0.1) is 0 Å². The van der Waals surface area contributed by atoms with E-state index >= 15 is 0 Å². The molecular weight excluding hydrogens is 393 g/mol. The van der Waals surface area contributed by atoms with E-state index in [1.807, 2.05) is 0 Å². The van der Waals surface area contributed by atoms with E-state index < -0.39 is 11.9 Å². The molecule has 0 aliphatic heterocycles. The summed E-state index contributed by atoms with van der Waals surface area (Å²) in [6, 6.07) is 10.9. The zero-order valence-electron chi connectivity index (χ0n) is 17.7. The van der Waals surface area contributed by atoms with Crippen molar-refractivity contribution in [2.75, 3.05) is 27.2 Å². The topological polar surface area (TPSA) is 87.1 Å². The van der Waals surface area contributed by atoms with Crippen LogP contribution in [0.4, 0.5) is 0 Å². The molecule has 6 nitrogen and oxygen atoms in total. The van der Waals surface area contributed by atoms with Crippen molar-refractivity contribution in [1.29, 1.82) is 0 Å². The van der Waals surface area contributed by atoms with Gasteiger partial charge in [0.2, 0.25) is 0 Å². The number of carboxylic acid groups (broad SMARTS) is 2. The van der Waals surface area contributed by atoms with Crippen molar-refractivity contribution in [2.24, 2.45) is 0 Å². The van der Waals surface area contributed by atoms with Crippen LogP contribution < -0.4 is 0 Å². The second-order valence-corrected chi connectivity index (χ2v) is 7.77. The molecule has 1 aromatic rings. The van der Waals surface area contributed by atoms with Crippen LogP contribution in [0.25, 0.3) is 0 Å². The zero-order valence-corrected chi connectivity index (χ0v) is 17.7. The maximum absolute atomic E-state index is 9.55. The van der Waals surface area contributed by atoms with Crippen LogP contribution in [0.1, 0.15) is 50.5 Å². The van der Waals surface area contributed by atoms with Gasteiger partial charge in [-0.25, -0.2) is 9.59 Å². The van der Waals surface area contributed by atoms with Gasteiger partial charge in [-0.2, -0.15) is 0 Å². The van der Waals surface area contributed by atoms with Crippen molar-refractivity contribution >= 4 is 41.5 Å². The van der Waals surface area contributed by atoms with E-state index in [0.717, 1.165) is 26.0 Å². The van der Waals surface area contributed by atoms with Crippen LogP contribution in [0.5, 0.6) is 0 Å². The molecule has 164 valence electrons. The van der Waals surface area contributed by atoms with Crippen LogP contribution in [0, 0.1) is 0 Å². The van der Waals surface area contributed by atoms with Gasteiger partial charge < -0.3 is 19.8 Å². The fourth-order valence-corrected chi connectivity index (χ4v) is 3.52. The molecule has 0 radical (unpaired) electrons. The van der Waals surface area contributed by atoms with Crippen molar-refractivity contribution in [3.8, 4) is 0 Å². The van der Waals surface area contributed by atoms with E-state index in [1.54, 1.807) is 0 Å². The molecule has 0 spiro atoms. The van der Waals surface area contributed by atoms with E-state index in [4.69, 9.17) is 14.9 Å². The number of carboxylic acids is 2. The molecule has 0 atom stereocenters. The third kappa shape index (κ3) is 13.9. The van der Waals surface area contributed by atoms with Crippen LogP contribution in [0.2, 0.25) is 0 Å². The monoisotopic (exact) mass is 429 g/mol. The molecule has 1 aromatic carbocycles. The van der Waals surface area contributed by atoms with Crippen LogP contribution in [0.15, 0.2) is 42.5 Å². The molecule has 1 saturated carbocycles. The summed E-state index contributed by atoms with van der Waals surface area (Å²) in [5.74, 6) is -2.51. The van der Waals surface area contributed by atoms with Crippen LogP contribution in [0.3, 0.4) is 0 Å². The number of benzene rings is 1. The molecule has 1 aliphatic rings. The van der Waals surface area contributed by atoms with E-state index in [1.165, 1.54) is 44.1 Å². The summed E-state index contributed by atoms with van der Waals surface area (Å²) in [5, 5.41) is 15.6. The third-order valence-electron chi connectivity index (χ3n) is 4.91. The minimum absolute atomic E-state index is 0. The predicted molar refractivity (Wildman–Crippen MR) is 121 cm³/mol. The third-order valence-corrected chi connectivity index (χ3v) is 4.91. The van der Waals surface area contributed by atoms with E-state index in [2.05, 4.69) is 49.3 Å². The Morgan fingerprint density at radius 1 is 1.00 bits per heavy atom. The Morgan fingerprint density at radius 2 is 1.53 bits per heavy atom. The number of hydrogen-bond donors (Lipinski definition) is 2. The number of ether oxygens (including phenoxy) is 1. The quantitative estimate of drug-likeness (QED) is 0.271. The molecule has 0 amide bonds. The van der Waals surface area contributed by atoms with Gasteiger partial charge >= 0.3 is 41.5 Å². The van der Waals surface area contributed by atoms with Gasteiger partial charge in [0, 0.05) is 25.2 Å². The summed E-state index contributed by atoms with van der Waals surface area (Å²) in [4.78, 5) is 21.3. The summed E-state index contributed by atoms with van der Waals surface area (Å²) >= 11 is 0. The van der Waals surface area contributed by atoms with E-state index in [0.29, 0.717) is 12.2 Å². The average molecular weight is 430 g/mol. The Kier molecular flexibility index (Phi) is 15.9. The first-order chi connectivity index (χ1) is 13.8. The average Bonchev–Trinajstić information content (AvgIpc) is 2.91. The number of nitrogens with zero attached hydrogens (tertiary/aromatic N) is 1. The molecular formula is C23H36NNaO5. The molecule has 0 saturated heterocycles. The van der Waals surface area contributed by atoms with Crippen molar-refractivity contribution in [2.45, 2.75) is 57.0 Å². The first-order valence-corrected chi connectivity index (χ1v) is 10.3. The Balaban J connectivity index is 0.000000801. The molecule has 1 fully saturated rings. The molecule has 2 rings (SSSR count). The molecule has 2 N–H and O–H groups in total. The van der Waals surface area contributed by atoms with Crippen LogP contribution >= 0.6 is 0 Å². The molecule has 0 heterocycles. The first kappa shape index (κ1) is 28.8. The second-order valence-electron chi connectivity index (χ2n) is 7.77. The number of rotatable bonds is 9. The summed E-state index contributed by atoms with van der Waals surface area (Å²) in [6.45, 7) is 2.01. The van der Waals surface area contributed by atoms with Gasteiger partial charge in [-0.1, -0.05) is 56.0 Å². The van der Waals surface area contributed by atoms with Crippen LogP contribution in [-0.4, -0.2) is 89.5 Å². The zero-order chi connectivity index (χ0) is 21.5. The van der Waals surface area contributed by atoms with Crippen molar-refractivity contribution < 1.29 is 24.5 Å². The summed E-state index contributed by atoms with van der Waals surface area (Å²) in [5.41, 5.74) is 1.51. The Hall–Kier alpha value is -1.18. The van der Waals surface area contributed by atoms with Crippen molar-refractivity contribution in [1.82, 2.24) is 4.90 Å². The molecule has 0 bridgehead atoms. The van der Waals surface area contributed by atoms with Crippen molar-refractivity contribution in [3.63, 3.8) is 0 Å². The Labute approximate surface area is 202 Å². The normalized spacial score (nSPS) is 15.6. The summed E-state index contributed by atoms with van der Waals surface area (Å²) in [6.07, 6.45) is 11.2. The maximum atomic E-state index is 9.55. The molecule has 1 aliphatic carbocycles.